The van der Waals surface area contributed by atoms with Gasteiger partial charge in [-0.25, -0.2) is 8.42 Å². The minimum Gasteiger partial charge on any atom is -0.315 e. The van der Waals surface area contributed by atoms with E-state index < -0.39 is 9.84 Å². The Morgan fingerprint density at radius 3 is 2.73 bits per heavy atom. The lowest BCUT2D eigenvalue weighted by Gasteiger charge is -2.21. The normalized spacial score (nSPS) is 26.8. The fraction of sp³-hybridized carbons (Fsp3) is 1.00. The smallest absolute Gasteiger partial charge is 0.154 e. The van der Waals surface area contributed by atoms with Crippen molar-refractivity contribution in [2.45, 2.75) is 25.0 Å². The first-order chi connectivity index (χ1) is 5.17. The molecule has 0 aromatic rings. The predicted octanol–water partition coefficient (Wildman–Crippen LogP) is 0.173. The number of sulfone groups is 1. The van der Waals surface area contributed by atoms with Crippen LogP contribution in [-0.2, 0) is 9.84 Å². The van der Waals surface area contributed by atoms with Crippen LogP contribution >= 0.6 is 0 Å². The van der Waals surface area contributed by atoms with E-state index in [9.17, 15) is 8.42 Å². The van der Waals surface area contributed by atoms with Crippen molar-refractivity contribution >= 4 is 9.84 Å². The van der Waals surface area contributed by atoms with E-state index in [1.165, 1.54) is 0 Å². The quantitative estimate of drug-likeness (QED) is 0.654. The van der Waals surface area contributed by atoms with Crippen molar-refractivity contribution in [1.29, 1.82) is 0 Å². The predicted molar refractivity (Wildman–Crippen MR) is 45.4 cm³/mol. The Bertz CT molecular complexity index is 204. The summed E-state index contributed by atoms with van der Waals surface area (Å²) in [7, 11) is -2.78. The second-order valence-corrected chi connectivity index (χ2v) is 5.49. The van der Waals surface area contributed by atoms with Crippen molar-refractivity contribution in [3.8, 4) is 0 Å². The van der Waals surface area contributed by atoms with E-state index in [4.69, 9.17) is 0 Å². The maximum Gasteiger partial charge on any atom is 0.154 e. The van der Waals surface area contributed by atoms with Gasteiger partial charge in [0.25, 0.3) is 0 Å². The zero-order valence-corrected chi connectivity index (χ0v) is 7.65. The van der Waals surface area contributed by atoms with Gasteiger partial charge in [-0.1, -0.05) is 6.92 Å². The molecular weight excluding hydrogens is 162 g/mol. The van der Waals surface area contributed by atoms with Crippen molar-refractivity contribution in [3.05, 3.63) is 0 Å². The molecule has 0 aromatic carbocycles. The molecule has 1 rings (SSSR count). The average molecular weight is 177 g/mol. The van der Waals surface area contributed by atoms with Crippen LogP contribution in [-0.4, -0.2) is 32.5 Å². The Kier molecular flexibility index (Phi) is 2.90. The Hall–Kier alpha value is -0.0900. The van der Waals surface area contributed by atoms with Crippen molar-refractivity contribution in [2.24, 2.45) is 0 Å². The molecule has 66 valence electrons. The third kappa shape index (κ3) is 2.17. The molecule has 1 fully saturated rings. The molecule has 0 aliphatic carbocycles. The molecule has 0 saturated carbocycles. The molecule has 0 amide bonds. The summed E-state index contributed by atoms with van der Waals surface area (Å²) in [5, 5.41) is 2.97. The van der Waals surface area contributed by atoms with E-state index >= 15 is 0 Å². The molecule has 1 aliphatic heterocycles. The van der Waals surface area contributed by atoms with Gasteiger partial charge in [-0.2, -0.15) is 0 Å². The highest BCUT2D eigenvalue weighted by molar-refractivity contribution is 7.92. The Balaban J connectivity index is 2.58. The van der Waals surface area contributed by atoms with Crippen LogP contribution in [0.1, 0.15) is 19.8 Å². The van der Waals surface area contributed by atoms with E-state index in [2.05, 4.69) is 5.32 Å². The molecule has 0 unspecified atom stereocenters. The molecule has 0 bridgehead atoms. The van der Waals surface area contributed by atoms with Gasteiger partial charge in [-0.3, -0.25) is 0 Å². The largest absolute Gasteiger partial charge is 0.315 e. The molecule has 1 aliphatic rings. The van der Waals surface area contributed by atoms with Gasteiger partial charge in [0.2, 0.25) is 0 Å². The molecule has 1 saturated heterocycles. The third-order valence-electron chi connectivity index (χ3n) is 2.16. The van der Waals surface area contributed by atoms with Crippen molar-refractivity contribution in [1.82, 2.24) is 5.32 Å². The van der Waals surface area contributed by atoms with Gasteiger partial charge < -0.3 is 5.32 Å². The van der Waals surface area contributed by atoms with E-state index in [1.54, 1.807) is 6.92 Å². The number of hydrogen-bond donors (Lipinski definition) is 1. The molecule has 4 heteroatoms. The summed E-state index contributed by atoms with van der Waals surface area (Å²) >= 11 is 0. The van der Waals surface area contributed by atoms with Crippen LogP contribution in [0.3, 0.4) is 0 Å². The second kappa shape index (κ2) is 3.54. The first-order valence-corrected chi connectivity index (χ1v) is 5.80. The third-order valence-corrected chi connectivity index (χ3v) is 4.38. The standard InChI is InChI=1S/C7H15NO2S/c1-2-11(9,10)7-4-3-5-8-6-7/h7-8H,2-6H2,1H3/t7-/m0/s1. The highest BCUT2D eigenvalue weighted by Gasteiger charge is 2.24. The maximum atomic E-state index is 11.3. The second-order valence-electron chi connectivity index (χ2n) is 2.92. The zero-order chi connectivity index (χ0) is 8.32. The molecule has 11 heavy (non-hydrogen) atoms. The summed E-state index contributed by atoms with van der Waals surface area (Å²) in [5.74, 6) is 0.277. The summed E-state index contributed by atoms with van der Waals surface area (Å²) in [4.78, 5) is 0. The molecular formula is C7H15NO2S. The fourth-order valence-electron chi connectivity index (χ4n) is 1.36. The van der Waals surface area contributed by atoms with Gasteiger partial charge in [-0.15, -0.1) is 0 Å². The lowest BCUT2D eigenvalue weighted by Crippen LogP contribution is -2.39. The van der Waals surface area contributed by atoms with E-state index in [0.717, 1.165) is 19.4 Å². The van der Waals surface area contributed by atoms with E-state index in [-0.39, 0.29) is 11.0 Å². The fourth-order valence-corrected chi connectivity index (χ4v) is 2.73. The topological polar surface area (TPSA) is 46.2 Å². The van der Waals surface area contributed by atoms with Gasteiger partial charge in [-0.05, 0) is 19.4 Å². The first-order valence-electron chi connectivity index (χ1n) is 4.09. The van der Waals surface area contributed by atoms with Crippen molar-refractivity contribution < 1.29 is 8.42 Å². The van der Waals surface area contributed by atoms with Gasteiger partial charge in [0, 0.05) is 12.3 Å². The van der Waals surface area contributed by atoms with Crippen LogP contribution in [0.15, 0.2) is 0 Å². The molecule has 0 aromatic heterocycles. The van der Waals surface area contributed by atoms with Crippen LogP contribution < -0.4 is 5.32 Å². The SMILES string of the molecule is CCS(=O)(=O)[C@H]1CCCNC1. The van der Waals surface area contributed by atoms with Crippen molar-refractivity contribution in [2.75, 3.05) is 18.8 Å². The van der Waals surface area contributed by atoms with Crippen LogP contribution in [0.2, 0.25) is 0 Å². The van der Waals surface area contributed by atoms with Gasteiger partial charge >= 0.3 is 0 Å². The number of rotatable bonds is 2. The van der Waals surface area contributed by atoms with Crippen LogP contribution in [0, 0.1) is 0 Å². The molecule has 3 nitrogen and oxygen atoms in total. The van der Waals surface area contributed by atoms with E-state index in [1.807, 2.05) is 0 Å². The molecule has 1 atom stereocenters. The first kappa shape index (κ1) is 9.00. The number of nitrogens with one attached hydrogen (secondary N) is 1. The van der Waals surface area contributed by atoms with Crippen molar-refractivity contribution in [3.63, 3.8) is 0 Å². The summed E-state index contributed by atoms with van der Waals surface area (Å²) in [6, 6.07) is 0. The average Bonchev–Trinajstić information content (AvgIpc) is 2.06. The van der Waals surface area contributed by atoms with Gasteiger partial charge in [0.1, 0.15) is 0 Å². The van der Waals surface area contributed by atoms with Crippen LogP contribution in [0.5, 0.6) is 0 Å². The van der Waals surface area contributed by atoms with Gasteiger partial charge in [0.15, 0.2) is 9.84 Å². The highest BCUT2D eigenvalue weighted by Crippen LogP contribution is 2.11. The van der Waals surface area contributed by atoms with Crippen LogP contribution in [0.25, 0.3) is 0 Å². The van der Waals surface area contributed by atoms with Crippen LogP contribution in [0.4, 0.5) is 0 Å². The Labute approximate surface area is 68.1 Å². The molecule has 0 spiro atoms. The summed E-state index contributed by atoms with van der Waals surface area (Å²) < 4.78 is 22.6. The molecule has 1 heterocycles. The minimum atomic E-state index is -2.78. The molecule has 0 radical (unpaired) electrons. The zero-order valence-electron chi connectivity index (χ0n) is 6.84. The van der Waals surface area contributed by atoms with Gasteiger partial charge in [0.05, 0.1) is 5.25 Å². The minimum absolute atomic E-state index is 0.124. The Morgan fingerprint density at radius 2 is 2.27 bits per heavy atom. The number of piperidine rings is 1. The maximum absolute atomic E-state index is 11.3. The monoisotopic (exact) mass is 177 g/mol. The molecule has 1 N–H and O–H groups in total. The highest BCUT2D eigenvalue weighted by atomic mass is 32.2. The Morgan fingerprint density at radius 1 is 1.55 bits per heavy atom. The van der Waals surface area contributed by atoms with E-state index in [0.29, 0.717) is 6.54 Å². The summed E-state index contributed by atoms with van der Waals surface area (Å²) in [6.45, 7) is 3.33. The summed E-state index contributed by atoms with van der Waals surface area (Å²) in [6.07, 6.45) is 1.83. The lowest BCUT2D eigenvalue weighted by molar-refractivity contribution is 0.497. The number of hydrogen-bond acceptors (Lipinski definition) is 3. The lowest BCUT2D eigenvalue weighted by atomic mass is 10.2. The summed E-state index contributed by atoms with van der Waals surface area (Å²) in [5.41, 5.74) is 0.